The Hall–Kier alpha value is -1.64. The third kappa shape index (κ3) is 5.28. The summed E-state index contributed by atoms with van der Waals surface area (Å²) >= 11 is 0. The van der Waals surface area contributed by atoms with E-state index in [0.29, 0.717) is 19.0 Å². The molecule has 2 amide bonds. The number of piperidine rings is 1. The number of urea groups is 1. The van der Waals surface area contributed by atoms with Crippen LogP contribution in [0.5, 0.6) is 0 Å². The summed E-state index contributed by atoms with van der Waals surface area (Å²) in [5.41, 5.74) is 0. The second-order valence-electron chi connectivity index (χ2n) is 6.02. The van der Waals surface area contributed by atoms with Gasteiger partial charge in [-0.05, 0) is 25.7 Å². The summed E-state index contributed by atoms with van der Waals surface area (Å²) in [5.74, 6) is 0.293. The highest BCUT2D eigenvalue weighted by Gasteiger charge is 2.25. The van der Waals surface area contributed by atoms with Gasteiger partial charge in [-0.1, -0.05) is 5.21 Å². The lowest BCUT2D eigenvalue weighted by molar-refractivity contribution is 0.155. The first-order valence-corrected chi connectivity index (χ1v) is 9.47. The van der Waals surface area contributed by atoms with Crippen LogP contribution in [0.25, 0.3) is 0 Å². The van der Waals surface area contributed by atoms with E-state index >= 15 is 0 Å². The van der Waals surface area contributed by atoms with Crippen molar-refractivity contribution in [3.8, 4) is 0 Å². The Balaban J connectivity index is 1.84. The maximum atomic E-state index is 12.2. The van der Waals surface area contributed by atoms with Gasteiger partial charge in [0.25, 0.3) is 0 Å². The smallest absolute Gasteiger partial charge is 0.317 e. The molecule has 1 aliphatic rings. The van der Waals surface area contributed by atoms with Gasteiger partial charge in [-0.2, -0.15) is 0 Å². The van der Waals surface area contributed by atoms with Crippen molar-refractivity contribution in [2.45, 2.75) is 32.4 Å². The highest BCUT2D eigenvalue weighted by Crippen LogP contribution is 2.18. The number of hydrogen-bond acceptors (Lipinski definition) is 5. The van der Waals surface area contributed by atoms with Crippen molar-refractivity contribution in [2.24, 2.45) is 5.92 Å². The molecular formula is C13H23N5O3S. The molecule has 1 saturated heterocycles. The van der Waals surface area contributed by atoms with E-state index in [1.807, 2.05) is 6.20 Å². The lowest BCUT2D eigenvalue weighted by Gasteiger charge is -2.33. The summed E-state index contributed by atoms with van der Waals surface area (Å²) in [6.45, 7) is 3.79. The van der Waals surface area contributed by atoms with Crippen LogP contribution >= 0.6 is 0 Å². The van der Waals surface area contributed by atoms with Gasteiger partial charge < -0.3 is 10.2 Å². The van der Waals surface area contributed by atoms with Gasteiger partial charge in [0.15, 0.2) is 0 Å². The minimum atomic E-state index is -3.10. The maximum Gasteiger partial charge on any atom is 0.317 e. The molecule has 0 aliphatic carbocycles. The summed E-state index contributed by atoms with van der Waals surface area (Å²) in [4.78, 5) is 14.0. The number of carbonyl (C=O) groups excluding carboxylic acids is 1. The number of rotatable bonds is 5. The van der Waals surface area contributed by atoms with Crippen molar-refractivity contribution >= 4 is 15.9 Å². The average Bonchev–Trinajstić information content (AvgIpc) is 2.89. The molecule has 1 N–H and O–H groups in total. The minimum absolute atomic E-state index is 0.0467. The quantitative estimate of drug-likeness (QED) is 0.828. The van der Waals surface area contributed by atoms with Crippen LogP contribution in [0.2, 0.25) is 0 Å². The van der Waals surface area contributed by atoms with E-state index in [1.54, 1.807) is 22.7 Å². The van der Waals surface area contributed by atoms with Crippen LogP contribution in [0.1, 0.15) is 19.8 Å². The number of aromatic nitrogens is 3. The van der Waals surface area contributed by atoms with Crippen LogP contribution in [-0.2, 0) is 16.4 Å². The van der Waals surface area contributed by atoms with Gasteiger partial charge in [-0.3, -0.25) is 4.68 Å². The van der Waals surface area contributed by atoms with Crippen molar-refractivity contribution in [3.05, 3.63) is 12.4 Å². The number of amides is 2. The number of nitrogens with one attached hydrogen (secondary N) is 1. The van der Waals surface area contributed by atoms with E-state index in [9.17, 15) is 13.2 Å². The SMILES string of the molecule is CC(CS(C)(=O)=O)NC(=O)N1CCCC(Cn2ccnn2)C1. The molecule has 0 bridgehead atoms. The Bertz CT molecular complexity index is 587. The standard InChI is InChI=1S/C13H23N5O3S/c1-11(10-22(2,20)21)15-13(19)17-6-3-4-12(8-17)9-18-7-5-14-16-18/h5,7,11-12H,3-4,6,8-10H2,1-2H3,(H,15,19). The zero-order chi connectivity index (χ0) is 16.2. The Morgan fingerprint density at radius 2 is 2.27 bits per heavy atom. The molecule has 1 fully saturated rings. The molecule has 1 aromatic rings. The average molecular weight is 329 g/mol. The van der Waals surface area contributed by atoms with Crippen LogP contribution in [0.3, 0.4) is 0 Å². The van der Waals surface area contributed by atoms with E-state index in [2.05, 4.69) is 15.6 Å². The van der Waals surface area contributed by atoms with Crippen LogP contribution in [-0.4, -0.2) is 65.5 Å². The molecule has 1 aromatic heterocycles. The van der Waals surface area contributed by atoms with Gasteiger partial charge in [0.2, 0.25) is 0 Å². The van der Waals surface area contributed by atoms with Crippen LogP contribution in [0.15, 0.2) is 12.4 Å². The normalized spacial score (nSPS) is 20.6. The van der Waals surface area contributed by atoms with Gasteiger partial charge in [0, 0.05) is 38.1 Å². The third-order valence-electron chi connectivity index (χ3n) is 3.65. The predicted octanol–water partition coefficient (Wildman–Crippen LogP) is 0.133. The first-order valence-electron chi connectivity index (χ1n) is 7.41. The summed E-state index contributed by atoms with van der Waals surface area (Å²) in [5, 5.41) is 10.5. The Morgan fingerprint density at radius 3 is 2.91 bits per heavy atom. The predicted molar refractivity (Wildman–Crippen MR) is 82.0 cm³/mol. The number of sulfone groups is 1. The number of carbonyl (C=O) groups is 1. The van der Waals surface area contributed by atoms with Gasteiger partial charge >= 0.3 is 6.03 Å². The fourth-order valence-corrected chi connectivity index (χ4v) is 3.78. The lowest BCUT2D eigenvalue weighted by Crippen LogP contribution is -2.49. The maximum absolute atomic E-state index is 12.2. The van der Waals surface area contributed by atoms with E-state index in [0.717, 1.165) is 19.4 Å². The molecule has 124 valence electrons. The molecule has 0 spiro atoms. The molecule has 0 radical (unpaired) electrons. The number of hydrogen-bond donors (Lipinski definition) is 1. The second-order valence-corrected chi connectivity index (χ2v) is 8.21. The molecule has 22 heavy (non-hydrogen) atoms. The molecular weight excluding hydrogens is 306 g/mol. The fourth-order valence-electron chi connectivity index (χ4n) is 2.79. The number of likely N-dealkylation sites (tertiary alicyclic amines) is 1. The molecule has 0 saturated carbocycles. The van der Waals surface area contributed by atoms with Crippen molar-refractivity contribution in [1.82, 2.24) is 25.2 Å². The van der Waals surface area contributed by atoms with Gasteiger partial charge in [0.1, 0.15) is 9.84 Å². The van der Waals surface area contributed by atoms with E-state index in [1.165, 1.54) is 6.26 Å². The molecule has 9 heteroatoms. The summed E-state index contributed by atoms with van der Waals surface area (Å²) in [7, 11) is -3.10. The lowest BCUT2D eigenvalue weighted by atomic mass is 9.98. The topological polar surface area (TPSA) is 97.2 Å². The first kappa shape index (κ1) is 16.7. The molecule has 2 atom stereocenters. The number of nitrogens with zero attached hydrogens (tertiary/aromatic N) is 4. The first-order chi connectivity index (χ1) is 10.3. The van der Waals surface area contributed by atoms with Crippen LogP contribution < -0.4 is 5.32 Å². The Morgan fingerprint density at radius 1 is 1.50 bits per heavy atom. The highest BCUT2D eigenvalue weighted by molar-refractivity contribution is 7.90. The largest absolute Gasteiger partial charge is 0.335 e. The monoisotopic (exact) mass is 329 g/mol. The van der Waals surface area contributed by atoms with Crippen molar-refractivity contribution in [1.29, 1.82) is 0 Å². The second kappa shape index (κ2) is 7.08. The van der Waals surface area contributed by atoms with E-state index < -0.39 is 15.9 Å². The summed E-state index contributed by atoms with van der Waals surface area (Å²) < 4.78 is 24.3. The summed E-state index contributed by atoms with van der Waals surface area (Å²) in [6, 6.07) is -0.586. The van der Waals surface area contributed by atoms with Crippen molar-refractivity contribution in [2.75, 3.05) is 25.1 Å². The van der Waals surface area contributed by atoms with Gasteiger partial charge in [-0.25, -0.2) is 13.2 Å². The van der Waals surface area contributed by atoms with Crippen molar-refractivity contribution < 1.29 is 13.2 Å². The summed E-state index contributed by atoms with van der Waals surface area (Å²) in [6.07, 6.45) is 6.61. The van der Waals surface area contributed by atoms with E-state index in [4.69, 9.17) is 0 Å². The van der Waals surface area contributed by atoms with Crippen LogP contribution in [0.4, 0.5) is 4.79 Å². The van der Waals surface area contributed by atoms with E-state index in [-0.39, 0.29) is 11.8 Å². The van der Waals surface area contributed by atoms with Crippen LogP contribution in [0, 0.1) is 5.92 Å². The Labute approximate surface area is 130 Å². The van der Waals surface area contributed by atoms with Crippen molar-refractivity contribution in [3.63, 3.8) is 0 Å². The molecule has 0 aromatic carbocycles. The molecule has 8 nitrogen and oxygen atoms in total. The minimum Gasteiger partial charge on any atom is -0.335 e. The van der Waals surface area contributed by atoms with Gasteiger partial charge in [0.05, 0.1) is 11.9 Å². The molecule has 1 aliphatic heterocycles. The molecule has 2 heterocycles. The zero-order valence-corrected chi connectivity index (χ0v) is 13.8. The third-order valence-corrected chi connectivity index (χ3v) is 4.75. The Kier molecular flexibility index (Phi) is 5.38. The zero-order valence-electron chi connectivity index (χ0n) is 13.0. The molecule has 2 rings (SSSR count). The fraction of sp³-hybridized carbons (Fsp3) is 0.769. The van der Waals surface area contributed by atoms with Gasteiger partial charge in [-0.15, -0.1) is 5.10 Å². The highest BCUT2D eigenvalue weighted by atomic mass is 32.2. The molecule has 2 unspecified atom stereocenters.